The summed E-state index contributed by atoms with van der Waals surface area (Å²) in [5.41, 5.74) is 5.18. The van der Waals surface area contributed by atoms with Crippen LogP contribution in [0.1, 0.15) is 0 Å². The lowest BCUT2D eigenvalue weighted by molar-refractivity contribution is 0.149. The lowest BCUT2D eigenvalue weighted by Gasteiger charge is -2.13. The van der Waals surface area contributed by atoms with Crippen molar-refractivity contribution in [1.29, 1.82) is 0 Å². The van der Waals surface area contributed by atoms with Crippen molar-refractivity contribution >= 4 is 0 Å². The molecule has 0 aromatic heterocycles. The van der Waals surface area contributed by atoms with Crippen molar-refractivity contribution < 1.29 is 10.2 Å². The fraction of sp³-hybridized carbons (Fsp3) is 1.00. The molecule has 0 saturated carbocycles. The van der Waals surface area contributed by atoms with Gasteiger partial charge in [0.2, 0.25) is 0 Å². The molecule has 0 aromatic carbocycles. The molecule has 0 aliphatic carbocycles. The quantitative estimate of drug-likeness (QED) is 0.296. The number of nitrogens with two attached hydrogens (primary N) is 1. The fourth-order valence-electron chi connectivity index (χ4n) is 0.808. The zero-order valence-corrected chi connectivity index (χ0v) is 7.45. The van der Waals surface area contributed by atoms with Crippen LogP contribution in [0.3, 0.4) is 0 Å². The molecule has 0 saturated heterocycles. The molecule has 0 fully saturated rings. The molecule has 12 heavy (non-hydrogen) atoms. The van der Waals surface area contributed by atoms with Gasteiger partial charge in [0.15, 0.2) is 0 Å². The Labute approximate surface area is 73.0 Å². The van der Waals surface area contributed by atoms with Crippen LogP contribution in [-0.4, -0.2) is 55.6 Å². The van der Waals surface area contributed by atoms with Crippen molar-refractivity contribution in [3.8, 4) is 0 Å². The van der Waals surface area contributed by atoms with Crippen molar-refractivity contribution in [2.45, 2.75) is 12.2 Å². The first kappa shape index (κ1) is 11.8. The van der Waals surface area contributed by atoms with Gasteiger partial charge in [0.1, 0.15) is 0 Å². The van der Waals surface area contributed by atoms with Gasteiger partial charge in [0.25, 0.3) is 0 Å². The molecule has 2 unspecified atom stereocenters. The van der Waals surface area contributed by atoms with Gasteiger partial charge in [-0.25, -0.2) is 0 Å². The van der Waals surface area contributed by atoms with E-state index in [1.54, 1.807) is 7.05 Å². The number of hydrogen-bond donors (Lipinski definition) is 5. The topological polar surface area (TPSA) is 90.5 Å². The Morgan fingerprint density at radius 1 is 1.17 bits per heavy atom. The molecule has 0 aliphatic heterocycles. The van der Waals surface area contributed by atoms with Crippen molar-refractivity contribution in [3.05, 3.63) is 0 Å². The van der Waals surface area contributed by atoms with Crippen molar-refractivity contribution in [2.24, 2.45) is 5.73 Å². The van der Waals surface area contributed by atoms with Gasteiger partial charge >= 0.3 is 0 Å². The summed E-state index contributed by atoms with van der Waals surface area (Å²) in [6.07, 6.45) is -0.938. The predicted octanol–water partition coefficient (Wildman–Crippen LogP) is -2.52. The third-order valence-corrected chi connectivity index (χ3v) is 1.47. The molecule has 5 nitrogen and oxygen atoms in total. The molecule has 74 valence electrons. The number of likely N-dealkylation sites (N-methyl/N-ethyl adjacent to an activating group) is 1. The molecule has 0 radical (unpaired) electrons. The van der Waals surface area contributed by atoms with Crippen LogP contribution in [0.4, 0.5) is 0 Å². The Hall–Kier alpha value is -0.200. The van der Waals surface area contributed by atoms with Crippen LogP contribution in [0.25, 0.3) is 0 Å². The predicted molar refractivity (Wildman–Crippen MR) is 47.9 cm³/mol. The Bertz CT molecular complexity index is 103. The van der Waals surface area contributed by atoms with Crippen LogP contribution in [0.5, 0.6) is 0 Å². The second-order valence-electron chi connectivity index (χ2n) is 2.76. The molecule has 0 bridgehead atoms. The number of aliphatic hydroxyl groups excluding tert-OH is 2. The maximum Gasteiger partial charge on any atom is 0.0788 e. The van der Waals surface area contributed by atoms with Crippen LogP contribution in [0.2, 0.25) is 0 Å². The first-order valence-corrected chi connectivity index (χ1v) is 4.12. The minimum absolute atomic E-state index is 0.245. The van der Waals surface area contributed by atoms with Crippen molar-refractivity contribution in [3.63, 3.8) is 0 Å². The van der Waals surface area contributed by atoms with Gasteiger partial charge in [-0.05, 0) is 7.05 Å². The molecular formula is C7H19N3O2. The molecule has 5 heteroatoms. The summed E-state index contributed by atoms with van der Waals surface area (Å²) in [7, 11) is 1.78. The summed E-state index contributed by atoms with van der Waals surface area (Å²) in [6, 6.07) is 0. The number of nitrogens with one attached hydrogen (secondary N) is 2. The van der Waals surface area contributed by atoms with Crippen LogP contribution in [-0.2, 0) is 0 Å². The Kier molecular flexibility index (Phi) is 7.33. The standard InChI is InChI=1S/C7H19N3O2/c1-9-3-7(12)5-10-4-6(11)2-8/h6-7,9-12H,2-5,8H2,1H3. The van der Waals surface area contributed by atoms with Gasteiger partial charge in [-0.2, -0.15) is 0 Å². The first-order chi connectivity index (χ1) is 5.70. The van der Waals surface area contributed by atoms with E-state index in [1.807, 2.05) is 0 Å². The molecule has 6 N–H and O–H groups in total. The first-order valence-electron chi connectivity index (χ1n) is 4.12. The number of hydrogen-bond acceptors (Lipinski definition) is 5. The Morgan fingerprint density at radius 3 is 2.25 bits per heavy atom. The summed E-state index contributed by atoms with van der Waals surface area (Å²) >= 11 is 0. The summed E-state index contributed by atoms with van der Waals surface area (Å²) in [5, 5.41) is 24.0. The molecule has 2 atom stereocenters. The van der Waals surface area contributed by atoms with Crippen LogP contribution in [0, 0.1) is 0 Å². The molecule has 0 aromatic rings. The Morgan fingerprint density at radius 2 is 1.75 bits per heavy atom. The van der Waals surface area contributed by atoms with E-state index in [4.69, 9.17) is 10.8 Å². The molecule has 0 spiro atoms. The summed E-state index contributed by atoms with van der Waals surface area (Å²) < 4.78 is 0. The van der Waals surface area contributed by atoms with Gasteiger partial charge in [-0.1, -0.05) is 0 Å². The smallest absolute Gasteiger partial charge is 0.0788 e. The minimum Gasteiger partial charge on any atom is -0.390 e. The monoisotopic (exact) mass is 177 g/mol. The molecule has 0 amide bonds. The summed E-state index contributed by atoms with van der Waals surface area (Å²) in [4.78, 5) is 0. The lowest BCUT2D eigenvalue weighted by atomic mass is 10.3. The number of aliphatic hydroxyl groups is 2. The fourth-order valence-corrected chi connectivity index (χ4v) is 0.808. The number of rotatable bonds is 7. The van der Waals surface area contributed by atoms with Crippen molar-refractivity contribution in [2.75, 3.05) is 33.2 Å². The van der Waals surface area contributed by atoms with Gasteiger partial charge in [-0.15, -0.1) is 0 Å². The summed E-state index contributed by atoms with van der Waals surface area (Å²) in [5.74, 6) is 0. The van der Waals surface area contributed by atoms with E-state index in [0.29, 0.717) is 19.6 Å². The average Bonchev–Trinajstić information content (AvgIpc) is 2.04. The lowest BCUT2D eigenvalue weighted by Crippen LogP contribution is -2.39. The van der Waals surface area contributed by atoms with Gasteiger partial charge in [0.05, 0.1) is 12.2 Å². The van der Waals surface area contributed by atoms with Gasteiger partial charge in [-0.3, -0.25) is 0 Å². The zero-order chi connectivity index (χ0) is 9.40. The van der Waals surface area contributed by atoms with Gasteiger partial charge < -0.3 is 26.6 Å². The highest BCUT2D eigenvalue weighted by molar-refractivity contribution is 4.64. The second kappa shape index (κ2) is 7.45. The third kappa shape index (κ3) is 6.51. The van der Waals surface area contributed by atoms with E-state index in [1.165, 1.54) is 0 Å². The van der Waals surface area contributed by atoms with E-state index in [2.05, 4.69) is 10.6 Å². The highest BCUT2D eigenvalue weighted by atomic mass is 16.3. The molecular weight excluding hydrogens is 158 g/mol. The van der Waals surface area contributed by atoms with Gasteiger partial charge in [0, 0.05) is 26.2 Å². The van der Waals surface area contributed by atoms with Crippen LogP contribution >= 0.6 is 0 Å². The largest absolute Gasteiger partial charge is 0.390 e. The zero-order valence-electron chi connectivity index (χ0n) is 7.45. The third-order valence-electron chi connectivity index (χ3n) is 1.47. The highest BCUT2D eigenvalue weighted by Crippen LogP contribution is 1.78. The Balaban J connectivity index is 3.18. The van der Waals surface area contributed by atoms with E-state index in [-0.39, 0.29) is 6.54 Å². The van der Waals surface area contributed by atoms with E-state index in [9.17, 15) is 5.11 Å². The molecule has 0 heterocycles. The minimum atomic E-state index is -0.521. The van der Waals surface area contributed by atoms with Crippen LogP contribution < -0.4 is 16.4 Å². The second-order valence-corrected chi connectivity index (χ2v) is 2.76. The van der Waals surface area contributed by atoms with Crippen molar-refractivity contribution in [1.82, 2.24) is 10.6 Å². The average molecular weight is 177 g/mol. The van der Waals surface area contributed by atoms with E-state index >= 15 is 0 Å². The maximum absolute atomic E-state index is 9.20. The summed E-state index contributed by atoms with van der Waals surface area (Å²) in [6.45, 7) is 1.69. The van der Waals surface area contributed by atoms with Crippen LogP contribution in [0.15, 0.2) is 0 Å². The van der Waals surface area contributed by atoms with E-state index in [0.717, 1.165) is 0 Å². The normalized spacial score (nSPS) is 16.0. The highest BCUT2D eigenvalue weighted by Gasteiger charge is 2.03. The maximum atomic E-state index is 9.20. The van der Waals surface area contributed by atoms with E-state index < -0.39 is 12.2 Å². The SMILES string of the molecule is CNCC(O)CNCC(O)CN. The molecule has 0 aliphatic rings. The molecule has 0 rings (SSSR count).